The number of hydrogen-bond acceptors (Lipinski definition) is 7. The average Bonchev–Trinajstić information content (AvgIpc) is 2.75. The van der Waals surface area contributed by atoms with Crippen molar-refractivity contribution in [1.29, 1.82) is 0 Å². The molecule has 3 rings (SSSR count). The Kier molecular flexibility index (Phi) is 8.02. The molecule has 8 nitrogen and oxygen atoms in total. The van der Waals surface area contributed by atoms with Crippen LogP contribution in [-0.4, -0.2) is 46.4 Å². The van der Waals surface area contributed by atoms with Gasteiger partial charge in [-0.25, -0.2) is 23.5 Å². The molecule has 1 aromatic carbocycles. The molecule has 1 aliphatic heterocycles. The van der Waals surface area contributed by atoms with Crippen LogP contribution in [0.2, 0.25) is 0 Å². The highest BCUT2D eigenvalue weighted by molar-refractivity contribution is 5.68. The lowest BCUT2D eigenvalue weighted by Gasteiger charge is -2.34. The number of carbonyl (C=O) groups is 1. The molecule has 1 aromatic heterocycles. The van der Waals surface area contributed by atoms with Crippen molar-refractivity contribution >= 4 is 23.3 Å². The summed E-state index contributed by atoms with van der Waals surface area (Å²) in [6.45, 7) is 6.57. The van der Waals surface area contributed by atoms with Gasteiger partial charge < -0.3 is 20.1 Å². The molecular formula is C22H29F2N5O3. The first-order chi connectivity index (χ1) is 15.4. The van der Waals surface area contributed by atoms with Crippen molar-refractivity contribution in [1.82, 2.24) is 14.9 Å². The van der Waals surface area contributed by atoms with E-state index in [1.165, 1.54) is 17.3 Å². The molecule has 1 unspecified atom stereocenters. The summed E-state index contributed by atoms with van der Waals surface area (Å²) in [4.78, 5) is 22.1. The van der Waals surface area contributed by atoms with E-state index in [2.05, 4.69) is 20.6 Å². The second kappa shape index (κ2) is 10.9. The number of rotatable bonds is 8. The van der Waals surface area contributed by atoms with Gasteiger partial charge in [0.25, 0.3) is 0 Å². The number of nitrogens with one attached hydrogen (secondary N) is 2. The van der Waals surface area contributed by atoms with E-state index in [0.29, 0.717) is 19.5 Å². The third-order valence-electron chi connectivity index (χ3n) is 4.80. The molecule has 0 saturated carbocycles. The van der Waals surface area contributed by atoms with Gasteiger partial charge >= 0.3 is 6.09 Å². The fourth-order valence-corrected chi connectivity index (χ4v) is 3.29. The molecule has 174 valence electrons. The summed E-state index contributed by atoms with van der Waals surface area (Å²) in [5, 5.41) is 5.60. The zero-order chi connectivity index (χ0) is 23.1. The summed E-state index contributed by atoms with van der Waals surface area (Å²) >= 11 is 0. The monoisotopic (exact) mass is 449 g/mol. The predicted octanol–water partition coefficient (Wildman–Crippen LogP) is 5.06. The summed E-state index contributed by atoms with van der Waals surface area (Å²) in [6.07, 6.45) is 3.22. The van der Waals surface area contributed by atoms with Crippen molar-refractivity contribution in [2.45, 2.75) is 58.8 Å². The Morgan fingerprint density at radius 2 is 1.94 bits per heavy atom. The van der Waals surface area contributed by atoms with Gasteiger partial charge in [0.15, 0.2) is 6.23 Å². The minimum Gasteiger partial charge on any atom is -0.453 e. The highest BCUT2D eigenvalue weighted by Crippen LogP contribution is 2.27. The summed E-state index contributed by atoms with van der Waals surface area (Å²) < 4.78 is 40.0. The van der Waals surface area contributed by atoms with Crippen molar-refractivity contribution in [2.75, 3.05) is 23.7 Å². The number of ether oxygens (including phenoxy) is 2. The normalized spacial score (nSPS) is 16.1. The smallest absolute Gasteiger partial charge is 0.412 e. The fourth-order valence-electron chi connectivity index (χ4n) is 3.29. The third-order valence-corrected chi connectivity index (χ3v) is 4.80. The number of aromatic nitrogens is 2. The quantitative estimate of drug-likeness (QED) is 0.583. The Labute approximate surface area is 186 Å². The number of benzene rings is 1. The van der Waals surface area contributed by atoms with E-state index >= 15 is 0 Å². The summed E-state index contributed by atoms with van der Waals surface area (Å²) in [7, 11) is 0. The Morgan fingerprint density at radius 1 is 1.19 bits per heavy atom. The van der Waals surface area contributed by atoms with E-state index in [-0.39, 0.29) is 29.2 Å². The van der Waals surface area contributed by atoms with Crippen molar-refractivity contribution in [3.8, 4) is 5.88 Å². The van der Waals surface area contributed by atoms with Crippen LogP contribution in [0.25, 0.3) is 0 Å². The summed E-state index contributed by atoms with van der Waals surface area (Å²) in [6, 6.07) is 3.65. The zero-order valence-corrected chi connectivity index (χ0v) is 18.5. The maximum Gasteiger partial charge on any atom is 0.412 e. The van der Waals surface area contributed by atoms with Crippen LogP contribution >= 0.6 is 0 Å². The second-order valence-electron chi connectivity index (χ2n) is 7.80. The lowest BCUT2D eigenvalue weighted by atomic mass is 10.1. The molecule has 0 spiro atoms. The fraction of sp³-hybridized carbons (Fsp3) is 0.500. The summed E-state index contributed by atoms with van der Waals surface area (Å²) in [5.74, 6) is -0.760. The standard InChI is InChI=1S/C22H29F2N5O3/c1-4-8-25-17-10-16(24)18(11-15(17)23)28-19-12-20(27-13-26-19)32-21-7-5-6-9-29(21)22(30)31-14(2)3/h10-14,21,25H,4-9H2,1-3H3,(H,26,27,28). The van der Waals surface area contributed by atoms with Crippen LogP contribution in [0, 0.1) is 11.6 Å². The van der Waals surface area contributed by atoms with Gasteiger partial charge in [0, 0.05) is 37.7 Å². The van der Waals surface area contributed by atoms with Crippen LogP contribution in [0.4, 0.5) is 30.8 Å². The van der Waals surface area contributed by atoms with E-state index in [1.807, 2.05) is 6.92 Å². The molecule has 2 heterocycles. The van der Waals surface area contributed by atoms with E-state index < -0.39 is 24.0 Å². The number of anilines is 3. The Bertz CT molecular complexity index is 928. The van der Waals surface area contributed by atoms with Gasteiger partial charge in [-0.3, -0.25) is 4.90 Å². The summed E-state index contributed by atoms with van der Waals surface area (Å²) in [5.41, 5.74) is 0.0429. The predicted molar refractivity (Wildman–Crippen MR) is 117 cm³/mol. The first kappa shape index (κ1) is 23.5. The Morgan fingerprint density at radius 3 is 2.69 bits per heavy atom. The van der Waals surface area contributed by atoms with E-state index in [4.69, 9.17) is 9.47 Å². The first-order valence-corrected chi connectivity index (χ1v) is 10.8. The molecule has 0 aliphatic carbocycles. The van der Waals surface area contributed by atoms with E-state index in [9.17, 15) is 13.6 Å². The molecule has 0 radical (unpaired) electrons. The van der Waals surface area contributed by atoms with E-state index in [1.54, 1.807) is 13.8 Å². The van der Waals surface area contributed by atoms with Crippen LogP contribution < -0.4 is 15.4 Å². The van der Waals surface area contributed by atoms with E-state index in [0.717, 1.165) is 31.4 Å². The number of piperidine rings is 1. The second-order valence-corrected chi connectivity index (χ2v) is 7.80. The van der Waals surface area contributed by atoms with Crippen molar-refractivity contribution in [2.24, 2.45) is 0 Å². The molecule has 0 bridgehead atoms. The van der Waals surface area contributed by atoms with Gasteiger partial charge in [-0.2, -0.15) is 0 Å². The maximum atomic E-state index is 14.5. The zero-order valence-electron chi connectivity index (χ0n) is 18.5. The topological polar surface area (TPSA) is 88.6 Å². The van der Waals surface area contributed by atoms with Crippen LogP contribution in [0.5, 0.6) is 5.88 Å². The van der Waals surface area contributed by atoms with Crippen LogP contribution in [0.1, 0.15) is 46.5 Å². The van der Waals surface area contributed by atoms with Gasteiger partial charge in [-0.05, 0) is 33.1 Å². The molecule has 1 amide bonds. The molecule has 1 aliphatic rings. The molecule has 1 saturated heterocycles. The number of hydrogen-bond donors (Lipinski definition) is 2. The molecule has 32 heavy (non-hydrogen) atoms. The number of halogens is 2. The molecule has 1 atom stereocenters. The van der Waals surface area contributed by atoms with Gasteiger partial charge in [0.1, 0.15) is 23.8 Å². The van der Waals surface area contributed by atoms with Crippen LogP contribution in [-0.2, 0) is 4.74 Å². The lowest BCUT2D eigenvalue weighted by molar-refractivity contribution is -0.0163. The number of amides is 1. The highest BCUT2D eigenvalue weighted by Gasteiger charge is 2.30. The number of likely N-dealkylation sites (tertiary alicyclic amines) is 1. The van der Waals surface area contributed by atoms with Gasteiger partial charge in [-0.15, -0.1) is 0 Å². The van der Waals surface area contributed by atoms with Crippen molar-refractivity contribution in [3.63, 3.8) is 0 Å². The van der Waals surface area contributed by atoms with Crippen molar-refractivity contribution < 1.29 is 23.0 Å². The Balaban J connectivity index is 1.71. The SMILES string of the molecule is CCCNc1cc(F)c(Nc2cc(OC3CCCCN3C(=O)OC(C)C)ncn2)cc1F. The molecule has 1 fully saturated rings. The number of carbonyl (C=O) groups excluding carboxylic acids is 1. The first-order valence-electron chi connectivity index (χ1n) is 10.8. The highest BCUT2D eigenvalue weighted by atomic mass is 19.1. The largest absolute Gasteiger partial charge is 0.453 e. The molecule has 2 N–H and O–H groups in total. The molecule has 10 heteroatoms. The van der Waals surface area contributed by atoms with Gasteiger partial charge in [0.2, 0.25) is 5.88 Å². The maximum absolute atomic E-state index is 14.5. The molecular weight excluding hydrogens is 420 g/mol. The van der Waals surface area contributed by atoms with Gasteiger partial charge in [0.05, 0.1) is 17.5 Å². The van der Waals surface area contributed by atoms with Gasteiger partial charge in [-0.1, -0.05) is 6.92 Å². The number of nitrogens with zero attached hydrogens (tertiary/aromatic N) is 3. The minimum absolute atomic E-state index is 0.0611. The minimum atomic E-state index is -0.624. The lowest BCUT2D eigenvalue weighted by Crippen LogP contribution is -2.47. The van der Waals surface area contributed by atoms with Crippen LogP contribution in [0.3, 0.4) is 0 Å². The Hall–Kier alpha value is -3.17. The van der Waals surface area contributed by atoms with Crippen molar-refractivity contribution in [3.05, 3.63) is 36.2 Å². The average molecular weight is 450 g/mol. The third kappa shape index (κ3) is 6.18. The van der Waals surface area contributed by atoms with Crippen LogP contribution in [0.15, 0.2) is 24.5 Å². The molecule has 2 aromatic rings.